The van der Waals surface area contributed by atoms with Gasteiger partial charge in [-0.3, -0.25) is 4.90 Å². The predicted molar refractivity (Wildman–Crippen MR) is 80.5 cm³/mol. The van der Waals surface area contributed by atoms with Gasteiger partial charge in [0.2, 0.25) is 0 Å². The quantitative estimate of drug-likeness (QED) is 0.899. The molecule has 0 unspecified atom stereocenters. The van der Waals surface area contributed by atoms with Crippen LogP contribution in [0.15, 0.2) is 18.3 Å². The lowest BCUT2D eigenvalue weighted by Gasteiger charge is -2.42. The van der Waals surface area contributed by atoms with Crippen LogP contribution in [-0.2, 0) is 6.54 Å². The average Bonchev–Trinajstić information content (AvgIpc) is 2.39. The summed E-state index contributed by atoms with van der Waals surface area (Å²) in [6.45, 7) is 12.1. The molecule has 0 atom stereocenters. The second kappa shape index (κ2) is 5.88. The minimum atomic E-state index is 0.274. The fraction of sp³-hybridized carbons (Fsp3) is 0.667. The molecule has 0 amide bonds. The molecule has 4 nitrogen and oxygen atoms in total. The summed E-state index contributed by atoms with van der Waals surface area (Å²) in [5.74, 6) is 1.11. The van der Waals surface area contributed by atoms with Gasteiger partial charge < -0.3 is 10.2 Å². The number of pyridine rings is 1. The standard InChI is InChI=1S/C15H26N4/c1-15(2,3)19-9-7-18(8-10-19)14-6-5-13(11-16-4)12-17-14/h5-6,12,16H,7-11H2,1-4H3. The highest BCUT2D eigenvalue weighted by molar-refractivity contribution is 5.40. The van der Waals surface area contributed by atoms with Gasteiger partial charge in [0, 0.05) is 44.5 Å². The highest BCUT2D eigenvalue weighted by atomic mass is 15.3. The Kier molecular flexibility index (Phi) is 4.42. The minimum absolute atomic E-state index is 0.274. The molecular weight excluding hydrogens is 236 g/mol. The topological polar surface area (TPSA) is 31.4 Å². The van der Waals surface area contributed by atoms with Crippen LogP contribution in [0.5, 0.6) is 0 Å². The van der Waals surface area contributed by atoms with Gasteiger partial charge in [-0.05, 0) is 39.4 Å². The van der Waals surface area contributed by atoms with Gasteiger partial charge in [-0.2, -0.15) is 0 Å². The Hall–Kier alpha value is -1.13. The molecule has 0 aromatic carbocycles. The maximum atomic E-state index is 4.58. The van der Waals surface area contributed by atoms with Crippen molar-refractivity contribution in [2.45, 2.75) is 32.9 Å². The summed E-state index contributed by atoms with van der Waals surface area (Å²) >= 11 is 0. The molecule has 1 aromatic rings. The number of hydrogen-bond acceptors (Lipinski definition) is 4. The number of anilines is 1. The Labute approximate surface area is 116 Å². The molecule has 0 spiro atoms. The molecular formula is C15H26N4. The second-order valence-electron chi connectivity index (χ2n) is 6.20. The Balaban J connectivity index is 1.94. The van der Waals surface area contributed by atoms with Gasteiger partial charge in [-0.1, -0.05) is 6.07 Å². The van der Waals surface area contributed by atoms with E-state index in [1.54, 1.807) is 0 Å². The maximum absolute atomic E-state index is 4.58. The van der Waals surface area contributed by atoms with Crippen LogP contribution >= 0.6 is 0 Å². The normalized spacial score (nSPS) is 17.8. The fourth-order valence-corrected chi connectivity index (χ4v) is 2.52. The van der Waals surface area contributed by atoms with Crippen LogP contribution in [0.3, 0.4) is 0 Å². The molecule has 4 heteroatoms. The fourth-order valence-electron chi connectivity index (χ4n) is 2.52. The van der Waals surface area contributed by atoms with Crippen LogP contribution in [-0.4, -0.2) is 48.6 Å². The Morgan fingerprint density at radius 2 is 1.84 bits per heavy atom. The number of rotatable bonds is 3. The molecule has 2 rings (SSSR count). The number of nitrogens with one attached hydrogen (secondary N) is 1. The first-order valence-electron chi connectivity index (χ1n) is 7.10. The molecule has 0 saturated carbocycles. The van der Waals surface area contributed by atoms with Crippen LogP contribution in [0, 0.1) is 0 Å². The molecule has 0 aliphatic carbocycles. The third kappa shape index (κ3) is 3.67. The van der Waals surface area contributed by atoms with E-state index in [2.05, 4.69) is 53.0 Å². The SMILES string of the molecule is CNCc1ccc(N2CCN(C(C)(C)C)CC2)nc1. The second-order valence-corrected chi connectivity index (χ2v) is 6.20. The monoisotopic (exact) mass is 262 g/mol. The van der Waals surface area contributed by atoms with Crippen LogP contribution < -0.4 is 10.2 Å². The van der Waals surface area contributed by atoms with Crippen molar-refractivity contribution in [1.29, 1.82) is 0 Å². The Morgan fingerprint density at radius 3 is 2.32 bits per heavy atom. The zero-order valence-electron chi connectivity index (χ0n) is 12.6. The van der Waals surface area contributed by atoms with E-state index in [-0.39, 0.29) is 5.54 Å². The van der Waals surface area contributed by atoms with E-state index in [0.717, 1.165) is 38.5 Å². The van der Waals surface area contributed by atoms with Crippen LogP contribution in [0.2, 0.25) is 0 Å². The molecule has 1 aromatic heterocycles. The first-order chi connectivity index (χ1) is 9.00. The lowest BCUT2D eigenvalue weighted by Crippen LogP contribution is -2.53. The van der Waals surface area contributed by atoms with E-state index in [0.29, 0.717) is 0 Å². The lowest BCUT2D eigenvalue weighted by molar-refractivity contribution is 0.128. The molecule has 2 heterocycles. The molecule has 0 radical (unpaired) electrons. The van der Waals surface area contributed by atoms with E-state index < -0.39 is 0 Å². The van der Waals surface area contributed by atoms with Crippen molar-refractivity contribution in [3.8, 4) is 0 Å². The number of piperazine rings is 1. The van der Waals surface area contributed by atoms with E-state index in [1.807, 2.05) is 13.2 Å². The number of hydrogen-bond donors (Lipinski definition) is 1. The number of nitrogens with zero attached hydrogens (tertiary/aromatic N) is 3. The minimum Gasteiger partial charge on any atom is -0.354 e. The van der Waals surface area contributed by atoms with Crippen LogP contribution in [0.1, 0.15) is 26.3 Å². The van der Waals surface area contributed by atoms with Crippen LogP contribution in [0.25, 0.3) is 0 Å². The zero-order valence-corrected chi connectivity index (χ0v) is 12.6. The zero-order chi connectivity index (χ0) is 13.9. The first kappa shape index (κ1) is 14.3. The summed E-state index contributed by atoms with van der Waals surface area (Å²) in [6, 6.07) is 4.30. The molecule has 106 valence electrons. The smallest absolute Gasteiger partial charge is 0.128 e. The molecule has 1 aliphatic heterocycles. The third-order valence-corrected chi connectivity index (χ3v) is 3.74. The van der Waals surface area contributed by atoms with Gasteiger partial charge in [-0.15, -0.1) is 0 Å². The molecule has 0 bridgehead atoms. The summed E-state index contributed by atoms with van der Waals surface area (Å²) in [5, 5.41) is 3.15. The average molecular weight is 262 g/mol. The van der Waals surface area contributed by atoms with Gasteiger partial charge >= 0.3 is 0 Å². The molecule has 1 aliphatic rings. The van der Waals surface area contributed by atoms with Gasteiger partial charge in [0.05, 0.1) is 0 Å². The number of aromatic nitrogens is 1. The van der Waals surface area contributed by atoms with E-state index in [1.165, 1.54) is 5.56 Å². The maximum Gasteiger partial charge on any atom is 0.128 e. The summed E-state index contributed by atoms with van der Waals surface area (Å²) in [6.07, 6.45) is 1.97. The van der Waals surface area contributed by atoms with Crippen molar-refractivity contribution in [1.82, 2.24) is 15.2 Å². The van der Waals surface area contributed by atoms with Crippen molar-refractivity contribution in [2.75, 3.05) is 38.1 Å². The third-order valence-electron chi connectivity index (χ3n) is 3.74. The summed E-state index contributed by atoms with van der Waals surface area (Å²) in [4.78, 5) is 9.50. The van der Waals surface area contributed by atoms with Crippen molar-refractivity contribution >= 4 is 5.82 Å². The van der Waals surface area contributed by atoms with E-state index in [9.17, 15) is 0 Å². The highest BCUT2D eigenvalue weighted by Crippen LogP contribution is 2.19. The van der Waals surface area contributed by atoms with Crippen molar-refractivity contribution in [3.05, 3.63) is 23.9 Å². The molecule has 19 heavy (non-hydrogen) atoms. The lowest BCUT2D eigenvalue weighted by atomic mass is 10.1. The van der Waals surface area contributed by atoms with Gasteiger partial charge in [-0.25, -0.2) is 4.98 Å². The Bertz CT molecular complexity index is 386. The van der Waals surface area contributed by atoms with Crippen LogP contribution in [0.4, 0.5) is 5.82 Å². The Morgan fingerprint density at radius 1 is 1.16 bits per heavy atom. The summed E-state index contributed by atoms with van der Waals surface area (Å²) < 4.78 is 0. The van der Waals surface area contributed by atoms with Crippen molar-refractivity contribution in [3.63, 3.8) is 0 Å². The highest BCUT2D eigenvalue weighted by Gasteiger charge is 2.26. The predicted octanol–water partition coefficient (Wildman–Crippen LogP) is 1.72. The summed E-state index contributed by atoms with van der Waals surface area (Å²) in [5.41, 5.74) is 1.51. The largest absolute Gasteiger partial charge is 0.354 e. The van der Waals surface area contributed by atoms with Gasteiger partial charge in [0.25, 0.3) is 0 Å². The molecule has 1 N–H and O–H groups in total. The molecule has 1 saturated heterocycles. The van der Waals surface area contributed by atoms with Gasteiger partial charge in [0.15, 0.2) is 0 Å². The van der Waals surface area contributed by atoms with E-state index >= 15 is 0 Å². The van der Waals surface area contributed by atoms with Gasteiger partial charge in [0.1, 0.15) is 5.82 Å². The summed E-state index contributed by atoms with van der Waals surface area (Å²) in [7, 11) is 1.96. The molecule has 1 fully saturated rings. The van der Waals surface area contributed by atoms with E-state index in [4.69, 9.17) is 0 Å². The van der Waals surface area contributed by atoms with Crippen molar-refractivity contribution in [2.24, 2.45) is 0 Å². The first-order valence-corrected chi connectivity index (χ1v) is 7.10. The van der Waals surface area contributed by atoms with Crippen molar-refractivity contribution < 1.29 is 0 Å².